The fourth-order valence-corrected chi connectivity index (χ4v) is 2.45. The fraction of sp³-hybridized carbons (Fsp3) is 0.375. The zero-order valence-corrected chi connectivity index (χ0v) is 12.7. The number of rotatable bonds is 5. The van der Waals surface area contributed by atoms with E-state index in [0.29, 0.717) is 6.42 Å². The first-order valence-electron chi connectivity index (χ1n) is 7.09. The van der Waals surface area contributed by atoms with Crippen LogP contribution in [0.3, 0.4) is 0 Å². The predicted octanol–water partition coefficient (Wildman–Crippen LogP) is 2.54. The molecule has 21 heavy (non-hydrogen) atoms. The molecule has 0 aliphatic rings. The summed E-state index contributed by atoms with van der Waals surface area (Å²) in [4.78, 5) is 0. The van der Waals surface area contributed by atoms with Gasteiger partial charge in [0.15, 0.2) is 0 Å². The number of aromatic nitrogens is 2. The van der Waals surface area contributed by atoms with Gasteiger partial charge in [-0.2, -0.15) is 10.2 Å². The molecule has 5 heteroatoms. The van der Waals surface area contributed by atoms with Crippen LogP contribution >= 0.6 is 0 Å². The largest absolute Gasteiger partial charge is 0.271 e. The Labute approximate surface area is 124 Å². The molecule has 1 aromatic carbocycles. The highest BCUT2D eigenvalue weighted by molar-refractivity contribution is 5.31. The SMILES string of the molecule is CCc1nnc(C)cc1C(Cc1cc(F)ccc1C)NN. The Bertz CT molecular complexity index is 628. The van der Waals surface area contributed by atoms with Crippen LogP contribution < -0.4 is 11.3 Å². The second kappa shape index (κ2) is 6.74. The molecule has 1 aromatic heterocycles. The van der Waals surface area contributed by atoms with E-state index in [0.717, 1.165) is 34.5 Å². The van der Waals surface area contributed by atoms with Gasteiger partial charge < -0.3 is 0 Å². The van der Waals surface area contributed by atoms with Crippen molar-refractivity contribution in [2.24, 2.45) is 5.84 Å². The molecule has 1 atom stereocenters. The number of nitrogens with zero attached hydrogens (tertiary/aromatic N) is 2. The molecule has 0 radical (unpaired) electrons. The third-order valence-electron chi connectivity index (χ3n) is 3.67. The van der Waals surface area contributed by atoms with Crippen molar-refractivity contribution in [1.29, 1.82) is 0 Å². The smallest absolute Gasteiger partial charge is 0.123 e. The van der Waals surface area contributed by atoms with Crippen molar-refractivity contribution in [3.63, 3.8) is 0 Å². The minimum absolute atomic E-state index is 0.116. The van der Waals surface area contributed by atoms with Gasteiger partial charge in [-0.25, -0.2) is 4.39 Å². The van der Waals surface area contributed by atoms with Crippen molar-refractivity contribution in [1.82, 2.24) is 15.6 Å². The molecule has 2 aromatic rings. The van der Waals surface area contributed by atoms with Crippen LogP contribution in [0.25, 0.3) is 0 Å². The summed E-state index contributed by atoms with van der Waals surface area (Å²) in [5, 5.41) is 8.31. The first-order chi connectivity index (χ1) is 10.0. The number of nitrogens with two attached hydrogens (primary N) is 1. The molecule has 0 saturated heterocycles. The van der Waals surface area contributed by atoms with Gasteiger partial charge in [-0.15, -0.1) is 0 Å². The molecule has 4 nitrogen and oxygen atoms in total. The lowest BCUT2D eigenvalue weighted by molar-refractivity contribution is 0.537. The van der Waals surface area contributed by atoms with Gasteiger partial charge in [0.25, 0.3) is 0 Å². The lowest BCUT2D eigenvalue weighted by Crippen LogP contribution is -2.31. The second-order valence-corrected chi connectivity index (χ2v) is 5.24. The lowest BCUT2D eigenvalue weighted by atomic mass is 9.95. The standard InChI is InChI=1S/C16H21FN4/c1-4-15-14(7-11(3)20-21-15)16(19-18)9-12-8-13(17)6-5-10(12)2/h5-8,16,19H,4,9,18H2,1-3H3. The molecule has 0 saturated carbocycles. The topological polar surface area (TPSA) is 63.8 Å². The normalized spacial score (nSPS) is 12.4. The van der Waals surface area contributed by atoms with Gasteiger partial charge in [0.05, 0.1) is 17.4 Å². The molecular weight excluding hydrogens is 267 g/mol. The molecule has 0 bridgehead atoms. The van der Waals surface area contributed by atoms with E-state index in [4.69, 9.17) is 5.84 Å². The monoisotopic (exact) mass is 288 g/mol. The van der Waals surface area contributed by atoms with E-state index >= 15 is 0 Å². The molecule has 0 aliphatic carbocycles. The lowest BCUT2D eigenvalue weighted by Gasteiger charge is -2.20. The average Bonchev–Trinajstić information content (AvgIpc) is 2.48. The summed E-state index contributed by atoms with van der Waals surface area (Å²) in [6.45, 7) is 5.90. The van der Waals surface area contributed by atoms with Crippen molar-refractivity contribution in [2.45, 2.75) is 39.7 Å². The van der Waals surface area contributed by atoms with Crippen LogP contribution in [0.5, 0.6) is 0 Å². The van der Waals surface area contributed by atoms with Gasteiger partial charge in [-0.3, -0.25) is 11.3 Å². The van der Waals surface area contributed by atoms with Crippen LogP contribution in [0.15, 0.2) is 24.3 Å². The third-order valence-corrected chi connectivity index (χ3v) is 3.67. The summed E-state index contributed by atoms with van der Waals surface area (Å²) >= 11 is 0. The molecule has 1 heterocycles. The average molecular weight is 288 g/mol. The minimum atomic E-state index is -0.230. The number of hydrogen-bond acceptors (Lipinski definition) is 4. The van der Waals surface area contributed by atoms with E-state index in [9.17, 15) is 4.39 Å². The molecule has 1 unspecified atom stereocenters. The van der Waals surface area contributed by atoms with Crippen LogP contribution in [-0.2, 0) is 12.8 Å². The summed E-state index contributed by atoms with van der Waals surface area (Å²) in [6.07, 6.45) is 1.39. The van der Waals surface area contributed by atoms with Crippen molar-refractivity contribution < 1.29 is 4.39 Å². The van der Waals surface area contributed by atoms with Crippen LogP contribution in [0.2, 0.25) is 0 Å². The van der Waals surface area contributed by atoms with E-state index in [1.807, 2.05) is 26.8 Å². The number of aryl methyl sites for hydroxylation is 3. The highest BCUT2D eigenvalue weighted by atomic mass is 19.1. The van der Waals surface area contributed by atoms with Gasteiger partial charge in [0.2, 0.25) is 0 Å². The van der Waals surface area contributed by atoms with E-state index in [2.05, 4.69) is 15.6 Å². The molecule has 0 aliphatic heterocycles. The second-order valence-electron chi connectivity index (χ2n) is 5.24. The number of benzene rings is 1. The third kappa shape index (κ3) is 3.62. The maximum atomic E-state index is 13.4. The van der Waals surface area contributed by atoms with E-state index < -0.39 is 0 Å². The van der Waals surface area contributed by atoms with Crippen molar-refractivity contribution in [3.8, 4) is 0 Å². The maximum absolute atomic E-state index is 13.4. The van der Waals surface area contributed by atoms with Crippen LogP contribution in [0.1, 0.15) is 41.0 Å². The number of nitrogens with one attached hydrogen (secondary N) is 1. The number of hydrogen-bond donors (Lipinski definition) is 2. The Kier molecular flexibility index (Phi) is 4.98. The molecule has 0 spiro atoms. The highest BCUT2D eigenvalue weighted by Gasteiger charge is 2.17. The van der Waals surface area contributed by atoms with Gasteiger partial charge in [-0.05, 0) is 61.6 Å². The van der Waals surface area contributed by atoms with Crippen LogP contribution in [-0.4, -0.2) is 10.2 Å². The summed E-state index contributed by atoms with van der Waals surface area (Å²) in [6, 6.07) is 6.70. The van der Waals surface area contributed by atoms with Gasteiger partial charge in [0.1, 0.15) is 5.82 Å². The Balaban J connectivity index is 2.36. The molecular formula is C16H21FN4. The number of halogens is 1. The van der Waals surface area contributed by atoms with Crippen molar-refractivity contribution in [2.75, 3.05) is 0 Å². The van der Waals surface area contributed by atoms with E-state index in [1.165, 1.54) is 6.07 Å². The molecule has 0 amide bonds. The minimum Gasteiger partial charge on any atom is -0.271 e. The van der Waals surface area contributed by atoms with Crippen molar-refractivity contribution in [3.05, 3.63) is 58.2 Å². The summed E-state index contributed by atoms with van der Waals surface area (Å²) in [7, 11) is 0. The van der Waals surface area contributed by atoms with E-state index in [1.54, 1.807) is 12.1 Å². The summed E-state index contributed by atoms with van der Waals surface area (Å²) in [5.41, 5.74) is 7.60. The van der Waals surface area contributed by atoms with Crippen LogP contribution in [0, 0.1) is 19.7 Å². The summed E-state index contributed by atoms with van der Waals surface area (Å²) < 4.78 is 13.4. The first-order valence-corrected chi connectivity index (χ1v) is 7.09. The Hall–Kier alpha value is -1.85. The molecule has 2 rings (SSSR count). The Morgan fingerprint density at radius 3 is 2.67 bits per heavy atom. The van der Waals surface area contributed by atoms with Crippen LogP contribution in [0.4, 0.5) is 4.39 Å². The highest BCUT2D eigenvalue weighted by Crippen LogP contribution is 2.23. The zero-order valence-electron chi connectivity index (χ0n) is 12.7. The van der Waals surface area contributed by atoms with E-state index in [-0.39, 0.29) is 11.9 Å². The van der Waals surface area contributed by atoms with Gasteiger partial charge in [-0.1, -0.05) is 13.0 Å². The molecule has 3 N–H and O–H groups in total. The molecule has 112 valence electrons. The van der Waals surface area contributed by atoms with Gasteiger partial charge >= 0.3 is 0 Å². The fourth-order valence-electron chi connectivity index (χ4n) is 2.45. The Morgan fingerprint density at radius 2 is 2.00 bits per heavy atom. The number of hydrazine groups is 1. The Morgan fingerprint density at radius 1 is 1.24 bits per heavy atom. The maximum Gasteiger partial charge on any atom is 0.123 e. The molecule has 0 fully saturated rings. The van der Waals surface area contributed by atoms with Gasteiger partial charge in [0, 0.05) is 0 Å². The first kappa shape index (κ1) is 15.5. The summed E-state index contributed by atoms with van der Waals surface area (Å²) in [5.74, 6) is 5.49. The predicted molar refractivity (Wildman–Crippen MR) is 81.1 cm³/mol. The zero-order chi connectivity index (χ0) is 15.4. The van der Waals surface area contributed by atoms with Crippen molar-refractivity contribution >= 4 is 0 Å². The quantitative estimate of drug-likeness (QED) is 0.655.